The second-order valence-electron chi connectivity index (χ2n) is 9.02. The van der Waals surface area contributed by atoms with E-state index in [0.717, 1.165) is 70.0 Å². The lowest BCUT2D eigenvalue weighted by Gasteiger charge is -2.34. The van der Waals surface area contributed by atoms with Gasteiger partial charge in [-0.2, -0.15) is 10.1 Å². The van der Waals surface area contributed by atoms with Crippen molar-refractivity contribution in [1.29, 1.82) is 0 Å². The Morgan fingerprint density at radius 2 is 2.00 bits per heavy atom. The summed E-state index contributed by atoms with van der Waals surface area (Å²) in [7, 11) is 2.13. The number of likely N-dealkylation sites (N-methyl/N-ethyl adjacent to an activating group) is 1. The van der Waals surface area contributed by atoms with E-state index in [0.29, 0.717) is 18.4 Å². The summed E-state index contributed by atoms with van der Waals surface area (Å²) >= 11 is 0. The summed E-state index contributed by atoms with van der Waals surface area (Å²) in [5.74, 6) is 1.92. The van der Waals surface area contributed by atoms with Gasteiger partial charge >= 0.3 is 0 Å². The van der Waals surface area contributed by atoms with Gasteiger partial charge in [-0.3, -0.25) is 9.69 Å². The number of piperazine rings is 1. The zero-order valence-corrected chi connectivity index (χ0v) is 18.3. The topological polar surface area (TPSA) is 83.5 Å². The summed E-state index contributed by atoms with van der Waals surface area (Å²) in [4.78, 5) is 24.2. The highest BCUT2D eigenvalue weighted by Crippen LogP contribution is 2.22. The van der Waals surface area contributed by atoms with Crippen molar-refractivity contribution < 1.29 is 4.52 Å². The molecule has 4 rings (SSSR count). The molecular formula is C21H33N7O2. The van der Waals surface area contributed by atoms with Gasteiger partial charge in [-0.15, -0.1) is 0 Å². The molecule has 164 valence electrons. The van der Waals surface area contributed by atoms with Gasteiger partial charge in [0.1, 0.15) is 0 Å². The highest BCUT2D eigenvalue weighted by molar-refractivity contribution is 5.43. The van der Waals surface area contributed by atoms with E-state index in [1.807, 2.05) is 6.20 Å². The molecule has 1 unspecified atom stereocenters. The molecule has 2 aromatic heterocycles. The van der Waals surface area contributed by atoms with Crippen molar-refractivity contribution >= 4 is 5.69 Å². The second-order valence-corrected chi connectivity index (χ2v) is 9.02. The molecule has 0 N–H and O–H groups in total. The van der Waals surface area contributed by atoms with E-state index < -0.39 is 0 Å². The lowest BCUT2D eigenvalue weighted by atomic mass is 10.1. The minimum Gasteiger partial charge on any atom is -0.368 e. The molecule has 0 saturated carbocycles. The first-order valence-corrected chi connectivity index (χ1v) is 11.0. The molecule has 4 heterocycles. The van der Waals surface area contributed by atoms with Crippen LogP contribution in [0.3, 0.4) is 0 Å². The molecule has 2 saturated heterocycles. The Kier molecular flexibility index (Phi) is 6.48. The van der Waals surface area contributed by atoms with Crippen molar-refractivity contribution in [3.05, 3.63) is 34.3 Å². The van der Waals surface area contributed by atoms with Crippen LogP contribution >= 0.6 is 0 Å². The maximum atomic E-state index is 12.8. The van der Waals surface area contributed by atoms with Crippen molar-refractivity contribution in [2.24, 2.45) is 5.92 Å². The summed E-state index contributed by atoms with van der Waals surface area (Å²) in [6.45, 7) is 10.5. The van der Waals surface area contributed by atoms with Crippen LogP contribution in [0.4, 0.5) is 5.69 Å². The lowest BCUT2D eigenvalue weighted by molar-refractivity contribution is 0.144. The molecule has 9 nitrogen and oxygen atoms in total. The van der Waals surface area contributed by atoms with Crippen LogP contribution in [0.2, 0.25) is 0 Å². The van der Waals surface area contributed by atoms with Gasteiger partial charge in [0.15, 0.2) is 5.82 Å². The summed E-state index contributed by atoms with van der Waals surface area (Å²) in [5.41, 5.74) is 0.913. The molecule has 2 aromatic rings. The zero-order valence-electron chi connectivity index (χ0n) is 18.3. The first kappa shape index (κ1) is 21.0. The molecule has 2 aliphatic heterocycles. The van der Waals surface area contributed by atoms with Gasteiger partial charge in [0.25, 0.3) is 5.56 Å². The van der Waals surface area contributed by atoms with Gasteiger partial charge in [0, 0.05) is 45.2 Å². The fourth-order valence-electron chi connectivity index (χ4n) is 4.29. The van der Waals surface area contributed by atoms with E-state index >= 15 is 0 Å². The highest BCUT2D eigenvalue weighted by Gasteiger charge is 2.25. The van der Waals surface area contributed by atoms with Gasteiger partial charge in [-0.25, -0.2) is 4.68 Å². The van der Waals surface area contributed by atoms with Crippen molar-refractivity contribution in [3.8, 4) is 0 Å². The van der Waals surface area contributed by atoms with Crippen LogP contribution in [0.5, 0.6) is 0 Å². The summed E-state index contributed by atoms with van der Waals surface area (Å²) in [5, 5.41) is 8.63. The molecule has 0 spiro atoms. The molecule has 1 atom stereocenters. The Balaban J connectivity index is 1.39. The fourth-order valence-corrected chi connectivity index (χ4v) is 4.29. The molecule has 0 amide bonds. The van der Waals surface area contributed by atoms with E-state index in [1.54, 1.807) is 10.7 Å². The van der Waals surface area contributed by atoms with E-state index in [-0.39, 0.29) is 11.6 Å². The summed E-state index contributed by atoms with van der Waals surface area (Å²) < 4.78 is 7.08. The summed E-state index contributed by atoms with van der Waals surface area (Å²) in [6.07, 6.45) is 4.65. The Morgan fingerprint density at radius 3 is 2.73 bits per heavy atom. The SMILES string of the molecule is CC(C)Cc1noc(CN2CCCC(n3ncc(N4CCN(C)CC4)cc3=O)C2)n1. The quantitative estimate of drug-likeness (QED) is 0.700. The van der Waals surface area contributed by atoms with Crippen molar-refractivity contribution in [3.63, 3.8) is 0 Å². The van der Waals surface area contributed by atoms with E-state index in [9.17, 15) is 4.79 Å². The third-order valence-electron chi connectivity index (χ3n) is 5.97. The highest BCUT2D eigenvalue weighted by atomic mass is 16.5. The van der Waals surface area contributed by atoms with Crippen LogP contribution in [-0.2, 0) is 13.0 Å². The van der Waals surface area contributed by atoms with Crippen LogP contribution in [0, 0.1) is 5.92 Å². The molecular weight excluding hydrogens is 382 g/mol. The van der Waals surface area contributed by atoms with Gasteiger partial charge in [0.2, 0.25) is 5.89 Å². The van der Waals surface area contributed by atoms with Gasteiger partial charge in [-0.05, 0) is 32.4 Å². The number of hydrogen-bond donors (Lipinski definition) is 0. The van der Waals surface area contributed by atoms with Gasteiger partial charge in [0.05, 0.1) is 24.5 Å². The number of likely N-dealkylation sites (tertiary alicyclic amines) is 1. The van der Waals surface area contributed by atoms with E-state index in [4.69, 9.17) is 4.52 Å². The normalized spacial score (nSPS) is 21.5. The second kappa shape index (κ2) is 9.26. The van der Waals surface area contributed by atoms with Crippen molar-refractivity contribution in [2.75, 3.05) is 51.2 Å². The van der Waals surface area contributed by atoms with Crippen LogP contribution in [-0.4, -0.2) is 76.0 Å². The molecule has 9 heteroatoms. The molecule has 2 fully saturated rings. The smallest absolute Gasteiger partial charge is 0.269 e. The monoisotopic (exact) mass is 415 g/mol. The van der Waals surface area contributed by atoms with Gasteiger partial charge in [-0.1, -0.05) is 19.0 Å². The molecule has 0 bridgehead atoms. The third-order valence-corrected chi connectivity index (χ3v) is 5.97. The van der Waals surface area contributed by atoms with Gasteiger partial charge < -0.3 is 14.3 Å². The van der Waals surface area contributed by atoms with E-state index in [1.165, 1.54) is 0 Å². The molecule has 0 radical (unpaired) electrons. The lowest BCUT2D eigenvalue weighted by Crippen LogP contribution is -2.45. The Morgan fingerprint density at radius 1 is 1.20 bits per heavy atom. The third kappa shape index (κ3) is 5.07. The average Bonchev–Trinajstić information content (AvgIpc) is 3.14. The predicted molar refractivity (Wildman–Crippen MR) is 115 cm³/mol. The maximum absolute atomic E-state index is 12.8. The summed E-state index contributed by atoms with van der Waals surface area (Å²) in [6, 6.07) is 1.82. The number of rotatable bonds is 6. The Hall–Kier alpha value is -2.26. The maximum Gasteiger partial charge on any atom is 0.269 e. The molecule has 2 aliphatic rings. The minimum atomic E-state index is -0.0183. The largest absolute Gasteiger partial charge is 0.368 e. The standard InChI is InChI=1S/C21H33N7O2/c1-16(2)11-19-23-20(30-24-19)15-26-6-4-5-17(14-26)28-21(29)12-18(13-22-28)27-9-7-25(3)8-10-27/h12-13,16-17H,4-11,14-15H2,1-3H3. The number of piperidine rings is 1. The predicted octanol–water partition coefficient (Wildman–Crippen LogP) is 1.41. The number of aromatic nitrogens is 4. The minimum absolute atomic E-state index is 0.0183. The van der Waals surface area contributed by atoms with Crippen molar-refractivity contribution in [1.82, 2.24) is 29.7 Å². The van der Waals surface area contributed by atoms with Crippen LogP contribution in [0.15, 0.2) is 21.6 Å². The van der Waals surface area contributed by atoms with Crippen LogP contribution in [0.1, 0.15) is 44.4 Å². The first-order valence-electron chi connectivity index (χ1n) is 11.0. The fraction of sp³-hybridized carbons (Fsp3) is 0.714. The zero-order chi connectivity index (χ0) is 21.1. The van der Waals surface area contributed by atoms with E-state index in [2.05, 4.69) is 50.8 Å². The average molecular weight is 416 g/mol. The van der Waals surface area contributed by atoms with Crippen molar-refractivity contribution in [2.45, 2.75) is 45.7 Å². The first-order chi connectivity index (χ1) is 14.5. The molecule has 30 heavy (non-hydrogen) atoms. The number of hydrogen-bond acceptors (Lipinski definition) is 8. The Bertz CT molecular complexity index is 885. The molecule has 0 aliphatic carbocycles. The van der Waals surface area contributed by atoms with Crippen LogP contribution < -0.4 is 10.5 Å². The number of anilines is 1. The van der Waals surface area contributed by atoms with Crippen LogP contribution in [0.25, 0.3) is 0 Å². The molecule has 0 aromatic carbocycles. The number of nitrogens with zero attached hydrogens (tertiary/aromatic N) is 7. The Labute approximate surface area is 177 Å².